The van der Waals surface area contributed by atoms with Gasteiger partial charge in [-0.15, -0.1) is 0 Å². The van der Waals surface area contributed by atoms with E-state index >= 15 is 0 Å². The Hall–Kier alpha value is -1.13. The summed E-state index contributed by atoms with van der Waals surface area (Å²) >= 11 is 6.76. The molecule has 0 aliphatic heterocycles. The molecule has 2 aromatic carbocycles. The first-order valence-electron chi connectivity index (χ1n) is 5.39. The van der Waals surface area contributed by atoms with E-state index in [1.807, 2.05) is 24.3 Å². The molecule has 0 saturated carbocycles. The molecule has 92 valence electrons. The summed E-state index contributed by atoms with van der Waals surface area (Å²) in [6.45, 7) is 0. The van der Waals surface area contributed by atoms with Crippen molar-refractivity contribution in [1.29, 1.82) is 0 Å². The maximum Gasteiger partial charge on any atom is 0.168 e. The molecule has 0 unspecified atom stereocenters. The fourth-order valence-corrected chi connectivity index (χ4v) is 2.75. The minimum atomic E-state index is 0.0694. The number of rotatable bonds is 3. The highest BCUT2D eigenvalue weighted by Crippen LogP contribution is 2.22. The average Bonchev–Trinajstić information content (AvgIpc) is 2.28. The molecule has 2 N–H and O–H groups in total. The van der Waals surface area contributed by atoms with Crippen LogP contribution in [-0.4, -0.2) is 5.78 Å². The van der Waals surface area contributed by atoms with Crippen LogP contribution in [0.5, 0.6) is 0 Å². The molecule has 0 bridgehead atoms. The van der Waals surface area contributed by atoms with Crippen LogP contribution in [0.2, 0.25) is 0 Å². The topological polar surface area (TPSA) is 43.1 Å². The first kappa shape index (κ1) is 13.3. The van der Waals surface area contributed by atoms with Crippen molar-refractivity contribution in [2.45, 2.75) is 6.42 Å². The van der Waals surface area contributed by atoms with Crippen LogP contribution in [0, 0.1) is 0 Å². The van der Waals surface area contributed by atoms with Crippen molar-refractivity contribution in [3.05, 3.63) is 62.5 Å². The van der Waals surface area contributed by atoms with Gasteiger partial charge in [0.25, 0.3) is 0 Å². The molecule has 0 fully saturated rings. The summed E-state index contributed by atoms with van der Waals surface area (Å²) < 4.78 is 1.71. The highest BCUT2D eigenvalue weighted by molar-refractivity contribution is 9.10. The first-order valence-corrected chi connectivity index (χ1v) is 6.97. The van der Waals surface area contributed by atoms with Gasteiger partial charge in [0.2, 0.25) is 0 Å². The molecule has 0 aliphatic carbocycles. The molecule has 0 aromatic heterocycles. The van der Waals surface area contributed by atoms with Crippen molar-refractivity contribution >= 4 is 43.3 Å². The van der Waals surface area contributed by atoms with Crippen LogP contribution in [0.4, 0.5) is 5.69 Å². The Morgan fingerprint density at radius 3 is 2.56 bits per heavy atom. The number of benzene rings is 2. The Kier molecular flexibility index (Phi) is 4.19. The van der Waals surface area contributed by atoms with Gasteiger partial charge in [0.15, 0.2) is 5.78 Å². The van der Waals surface area contributed by atoms with Crippen LogP contribution in [0.25, 0.3) is 0 Å². The molecule has 0 atom stereocenters. The number of Topliss-reactive ketones (excluding diaryl/α,β-unsaturated/α-hetero) is 1. The highest BCUT2D eigenvalue weighted by atomic mass is 79.9. The van der Waals surface area contributed by atoms with E-state index in [0.717, 1.165) is 14.5 Å². The summed E-state index contributed by atoms with van der Waals surface area (Å²) in [6.07, 6.45) is 0.377. The third-order valence-electron chi connectivity index (χ3n) is 2.55. The fourth-order valence-electron chi connectivity index (χ4n) is 1.69. The van der Waals surface area contributed by atoms with E-state index in [-0.39, 0.29) is 5.78 Å². The lowest BCUT2D eigenvalue weighted by molar-refractivity contribution is 0.0992. The number of nitrogen functional groups attached to an aromatic ring is 1. The van der Waals surface area contributed by atoms with Crippen molar-refractivity contribution in [3.8, 4) is 0 Å². The van der Waals surface area contributed by atoms with Crippen LogP contribution in [0.1, 0.15) is 15.9 Å². The SMILES string of the molecule is Nc1ccc(C(=O)Cc2cccc(Br)c2)c(Br)c1. The second kappa shape index (κ2) is 5.67. The lowest BCUT2D eigenvalue weighted by Crippen LogP contribution is -2.05. The largest absolute Gasteiger partial charge is 0.399 e. The molecule has 0 aliphatic rings. The van der Waals surface area contributed by atoms with E-state index in [1.54, 1.807) is 18.2 Å². The zero-order valence-corrected chi connectivity index (χ0v) is 12.7. The Bertz CT molecular complexity index is 596. The summed E-state index contributed by atoms with van der Waals surface area (Å²) in [7, 11) is 0. The summed E-state index contributed by atoms with van der Waals surface area (Å²) in [6, 6.07) is 13.0. The molecule has 2 aromatic rings. The summed E-state index contributed by atoms with van der Waals surface area (Å²) in [5.74, 6) is 0.0694. The minimum absolute atomic E-state index is 0.0694. The van der Waals surface area contributed by atoms with Gasteiger partial charge in [-0.05, 0) is 51.8 Å². The molecule has 2 rings (SSSR count). The molecule has 0 spiro atoms. The van der Waals surface area contributed by atoms with E-state index in [9.17, 15) is 4.79 Å². The summed E-state index contributed by atoms with van der Waals surface area (Å²) in [5, 5.41) is 0. The predicted molar refractivity (Wildman–Crippen MR) is 80.7 cm³/mol. The lowest BCUT2D eigenvalue weighted by Gasteiger charge is -2.05. The minimum Gasteiger partial charge on any atom is -0.399 e. The van der Waals surface area contributed by atoms with Gasteiger partial charge in [-0.2, -0.15) is 0 Å². The fraction of sp³-hybridized carbons (Fsp3) is 0.0714. The number of carbonyl (C=O) groups is 1. The van der Waals surface area contributed by atoms with Crippen LogP contribution < -0.4 is 5.73 Å². The number of carbonyl (C=O) groups excluding carboxylic acids is 1. The number of hydrogen-bond donors (Lipinski definition) is 1. The van der Waals surface area contributed by atoms with Crippen molar-refractivity contribution < 1.29 is 4.79 Å². The third-order valence-corrected chi connectivity index (χ3v) is 3.70. The maximum atomic E-state index is 12.2. The molecule has 2 nitrogen and oxygen atoms in total. The lowest BCUT2D eigenvalue weighted by atomic mass is 10.0. The van der Waals surface area contributed by atoms with Crippen LogP contribution in [0.15, 0.2) is 51.4 Å². The molecule has 0 radical (unpaired) electrons. The van der Waals surface area contributed by atoms with Crippen LogP contribution in [-0.2, 0) is 6.42 Å². The number of hydrogen-bond acceptors (Lipinski definition) is 2. The standard InChI is InChI=1S/C14H11Br2NO/c15-10-3-1-2-9(6-10)7-14(18)12-5-4-11(17)8-13(12)16/h1-6,8H,7,17H2. The Labute approximate surface area is 122 Å². The quantitative estimate of drug-likeness (QED) is 0.651. The average molecular weight is 369 g/mol. The number of ketones is 1. The molecular weight excluding hydrogens is 358 g/mol. The van der Waals surface area contributed by atoms with Crippen LogP contribution >= 0.6 is 31.9 Å². The molecular formula is C14H11Br2NO. The number of anilines is 1. The number of nitrogens with two attached hydrogens (primary N) is 1. The summed E-state index contributed by atoms with van der Waals surface area (Å²) in [5.41, 5.74) is 7.93. The summed E-state index contributed by atoms with van der Waals surface area (Å²) in [4.78, 5) is 12.2. The second-order valence-corrected chi connectivity index (χ2v) is 5.74. The van der Waals surface area contributed by atoms with Gasteiger partial charge in [-0.3, -0.25) is 4.79 Å². The van der Waals surface area contributed by atoms with E-state index in [2.05, 4.69) is 31.9 Å². The van der Waals surface area contributed by atoms with Gasteiger partial charge in [0.1, 0.15) is 0 Å². The zero-order chi connectivity index (χ0) is 13.1. The van der Waals surface area contributed by atoms with E-state index in [0.29, 0.717) is 17.7 Å². The Balaban J connectivity index is 2.22. The normalized spacial score (nSPS) is 10.3. The van der Waals surface area contributed by atoms with E-state index in [4.69, 9.17) is 5.73 Å². The number of halogens is 2. The van der Waals surface area contributed by atoms with Crippen LogP contribution in [0.3, 0.4) is 0 Å². The van der Waals surface area contributed by atoms with Gasteiger partial charge in [-0.25, -0.2) is 0 Å². The van der Waals surface area contributed by atoms with Gasteiger partial charge in [0, 0.05) is 26.6 Å². The van der Waals surface area contributed by atoms with Gasteiger partial charge < -0.3 is 5.73 Å². The zero-order valence-electron chi connectivity index (χ0n) is 9.49. The van der Waals surface area contributed by atoms with Gasteiger partial charge in [-0.1, -0.05) is 28.1 Å². The van der Waals surface area contributed by atoms with Gasteiger partial charge in [0.05, 0.1) is 0 Å². The Morgan fingerprint density at radius 1 is 1.11 bits per heavy atom. The maximum absolute atomic E-state index is 12.2. The molecule has 0 heterocycles. The first-order chi connectivity index (χ1) is 8.56. The van der Waals surface area contributed by atoms with Gasteiger partial charge >= 0.3 is 0 Å². The predicted octanol–water partition coefficient (Wildman–Crippen LogP) is 4.22. The second-order valence-electron chi connectivity index (χ2n) is 3.97. The molecule has 4 heteroatoms. The smallest absolute Gasteiger partial charge is 0.168 e. The van der Waals surface area contributed by atoms with Crippen molar-refractivity contribution in [2.75, 3.05) is 5.73 Å². The van der Waals surface area contributed by atoms with E-state index in [1.165, 1.54) is 0 Å². The third kappa shape index (κ3) is 3.21. The van der Waals surface area contributed by atoms with Crippen molar-refractivity contribution in [2.24, 2.45) is 0 Å². The van der Waals surface area contributed by atoms with Crippen molar-refractivity contribution in [1.82, 2.24) is 0 Å². The van der Waals surface area contributed by atoms with E-state index < -0.39 is 0 Å². The monoisotopic (exact) mass is 367 g/mol. The highest BCUT2D eigenvalue weighted by Gasteiger charge is 2.11. The molecule has 0 saturated heterocycles. The molecule has 0 amide bonds. The van der Waals surface area contributed by atoms with Crippen molar-refractivity contribution in [3.63, 3.8) is 0 Å². The molecule has 18 heavy (non-hydrogen) atoms. The Morgan fingerprint density at radius 2 is 1.89 bits per heavy atom.